The average Bonchev–Trinajstić information content (AvgIpc) is 3.93. The molecule has 0 saturated carbocycles. The number of nitriles is 2. The standard InChI is InChI=1S/C34H21N9O7/c1-43(2)26-15-21(42(32(45)28-4-3-11-48-28)25-10-6-19(17-36)13-23(25)30-39-34(47)50-41-30)8-7-20(26)14-27(43)31(44)37-24-9-5-18(16-35)12-22(24)29-38-33(46)49-40-29/h3-15H,1-2H3,(H2-,37,38,39,40,41,44,46,47)/p+1. The van der Waals surface area contributed by atoms with Crippen LogP contribution in [0.5, 0.6) is 0 Å². The molecule has 1 aliphatic heterocycles. The quantitative estimate of drug-likeness (QED) is 0.204. The lowest BCUT2D eigenvalue weighted by molar-refractivity contribution is -0.113. The van der Waals surface area contributed by atoms with Crippen LogP contribution >= 0.6 is 0 Å². The number of benzene rings is 3. The molecule has 0 radical (unpaired) electrons. The highest BCUT2D eigenvalue weighted by atomic mass is 16.5. The number of hydrogen-bond donors (Lipinski definition) is 3. The summed E-state index contributed by atoms with van der Waals surface area (Å²) in [5, 5.41) is 29.4. The van der Waals surface area contributed by atoms with Crippen LogP contribution in [0, 0.1) is 22.7 Å². The van der Waals surface area contributed by atoms with Gasteiger partial charge < -0.3 is 9.73 Å². The van der Waals surface area contributed by atoms with Gasteiger partial charge in [0.25, 0.3) is 5.91 Å². The first-order valence-electron chi connectivity index (χ1n) is 14.7. The van der Waals surface area contributed by atoms with E-state index in [4.69, 9.17) is 8.94 Å². The molecule has 0 atom stereocenters. The van der Waals surface area contributed by atoms with E-state index in [-0.39, 0.29) is 55.5 Å². The Morgan fingerprint density at radius 3 is 2.14 bits per heavy atom. The van der Waals surface area contributed by atoms with Gasteiger partial charge in [0.15, 0.2) is 17.4 Å². The third kappa shape index (κ3) is 5.35. The van der Waals surface area contributed by atoms with Gasteiger partial charge in [-0.2, -0.15) is 10.5 Å². The van der Waals surface area contributed by atoms with E-state index in [1.54, 1.807) is 50.5 Å². The first-order chi connectivity index (χ1) is 24.1. The molecule has 50 heavy (non-hydrogen) atoms. The molecule has 0 fully saturated rings. The summed E-state index contributed by atoms with van der Waals surface area (Å²) in [6.07, 6.45) is 3.07. The molecule has 3 aromatic heterocycles. The smallest absolute Gasteiger partial charge is 0.439 e. The number of aromatic amines is 2. The number of amides is 2. The Balaban J connectivity index is 1.28. The van der Waals surface area contributed by atoms with Gasteiger partial charge in [-0.15, -0.1) is 0 Å². The second kappa shape index (κ2) is 11.9. The van der Waals surface area contributed by atoms with Crippen LogP contribution in [0.15, 0.2) is 102 Å². The van der Waals surface area contributed by atoms with E-state index < -0.39 is 23.3 Å². The van der Waals surface area contributed by atoms with Crippen LogP contribution in [0.4, 0.5) is 22.7 Å². The van der Waals surface area contributed by atoms with E-state index in [0.717, 1.165) is 0 Å². The van der Waals surface area contributed by atoms with Crippen LogP contribution in [0.3, 0.4) is 0 Å². The number of fused-ring (bicyclic) bond motifs is 1. The molecule has 0 saturated heterocycles. The van der Waals surface area contributed by atoms with Crippen molar-refractivity contribution in [3.8, 4) is 34.9 Å². The van der Waals surface area contributed by atoms with Crippen LogP contribution in [0.25, 0.3) is 28.9 Å². The fourth-order valence-electron chi connectivity index (χ4n) is 5.70. The van der Waals surface area contributed by atoms with Crippen molar-refractivity contribution in [2.24, 2.45) is 0 Å². The van der Waals surface area contributed by atoms with E-state index in [2.05, 4.69) is 30.1 Å². The zero-order valence-electron chi connectivity index (χ0n) is 26.0. The number of furan rings is 1. The Bertz CT molecular complexity index is 2570. The Hall–Kier alpha value is -7.56. The van der Waals surface area contributed by atoms with E-state index in [1.807, 2.05) is 12.1 Å². The maximum atomic E-state index is 14.1. The summed E-state index contributed by atoms with van der Waals surface area (Å²) in [5.74, 6) is -2.65. The Morgan fingerprint density at radius 1 is 0.860 bits per heavy atom. The van der Waals surface area contributed by atoms with Crippen molar-refractivity contribution >= 4 is 40.6 Å². The summed E-state index contributed by atoms with van der Waals surface area (Å²) < 4.78 is 14.8. The van der Waals surface area contributed by atoms with E-state index in [1.165, 1.54) is 47.6 Å². The van der Waals surface area contributed by atoms with Crippen LogP contribution in [0.1, 0.15) is 27.2 Å². The van der Waals surface area contributed by atoms with E-state index >= 15 is 0 Å². The number of nitrogens with zero attached hydrogens (tertiary/aromatic N) is 6. The van der Waals surface area contributed by atoms with Crippen LogP contribution in [-0.4, -0.2) is 46.2 Å². The van der Waals surface area contributed by atoms with Gasteiger partial charge in [0.1, 0.15) is 5.69 Å². The molecule has 3 aromatic carbocycles. The second-order valence-corrected chi connectivity index (χ2v) is 11.4. The fourth-order valence-corrected chi connectivity index (χ4v) is 5.70. The molecule has 0 bridgehead atoms. The summed E-state index contributed by atoms with van der Waals surface area (Å²) >= 11 is 0. The third-order valence-electron chi connectivity index (χ3n) is 8.09. The minimum Gasteiger partial charge on any atom is -0.459 e. The largest absolute Gasteiger partial charge is 0.459 e. The number of likely N-dealkylation sites (N-methyl/N-ethyl adjacent to an activating group) is 1. The van der Waals surface area contributed by atoms with Gasteiger partial charge in [-0.25, -0.2) is 9.59 Å². The average molecular weight is 669 g/mol. The van der Waals surface area contributed by atoms with Gasteiger partial charge in [0.05, 0.1) is 60.7 Å². The maximum absolute atomic E-state index is 14.1. The number of anilines is 3. The predicted octanol–water partition coefficient (Wildman–Crippen LogP) is 4.25. The molecule has 3 N–H and O–H groups in total. The maximum Gasteiger partial charge on any atom is 0.439 e. The number of aromatic nitrogens is 4. The molecule has 4 heterocycles. The third-order valence-corrected chi connectivity index (χ3v) is 8.09. The van der Waals surface area contributed by atoms with Crippen molar-refractivity contribution in [3.63, 3.8) is 0 Å². The minimum atomic E-state index is -0.826. The van der Waals surface area contributed by atoms with Crippen molar-refractivity contribution in [2.75, 3.05) is 24.3 Å². The zero-order valence-corrected chi connectivity index (χ0v) is 26.0. The van der Waals surface area contributed by atoms with Crippen molar-refractivity contribution in [3.05, 3.63) is 122 Å². The predicted molar refractivity (Wildman–Crippen MR) is 176 cm³/mol. The number of hydrogen-bond acceptors (Lipinski definition) is 11. The van der Waals surface area contributed by atoms with Gasteiger partial charge in [-0.1, -0.05) is 10.3 Å². The highest BCUT2D eigenvalue weighted by molar-refractivity contribution is 6.14. The molecule has 16 heteroatoms. The van der Waals surface area contributed by atoms with E-state index in [9.17, 15) is 29.7 Å². The van der Waals surface area contributed by atoms with Crippen LogP contribution < -0.4 is 26.2 Å². The lowest BCUT2D eigenvalue weighted by atomic mass is 10.1. The second-order valence-electron chi connectivity index (χ2n) is 11.4. The molecular formula is C34H22N9O7+. The van der Waals surface area contributed by atoms with Crippen molar-refractivity contribution < 1.29 is 23.1 Å². The first kappa shape index (κ1) is 31.1. The summed E-state index contributed by atoms with van der Waals surface area (Å²) in [6, 6.07) is 21.3. The summed E-state index contributed by atoms with van der Waals surface area (Å²) in [6.45, 7) is 0. The molecule has 6 aromatic rings. The molecule has 7 rings (SSSR count). The lowest BCUT2D eigenvalue weighted by Crippen LogP contribution is -2.42. The molecule has 1 aliphatic rings. The molecule has 0 unspecified atom stereocenters. The number of carbonyl (C=O) groups excluding carboxylic acids is 2. The van der Waals surface area contributed by atoms with Crippen molar-refractivity contribution in [2.45, 2.75) is 0 Å². The molecular weight excluding hydrogens is 646 g/mol. The SMILES string of the molecule is C[N+]1(C)C(C(=O)Nc2ccc(C#N)cc2-c2noc(=O)[nH]2)=Cc2ccc(N(C(=O)c3ccco3)c3ccc(C#N)cc3-c3noc(=O)[nH]3)cc21. The van der Waals surface area contributed by atoms with Gasteiger partial charge in [-0.3, -0.25) is 38.0 Å². The Morgan fingerprint density at radius 2 is 1.52 bits per heavy atom. The van der Waals surface area contributed by atoms with Gasteiger partial charge >= 0.3 is 17.4 Å². The molecule has 244 valence electrons. The summed E-state index contributed by atoms with van der Waals surface area (Å²) in [4.78, 5) is 57.8. The fraction of sp³-hybridized carbons (Fsp3) is 0.0588. The van der Waals surface area contributed by atoms with Crippen molar-refractivity contribution in [1.29, 1.82) is 10.5 Å². The zero-order chi connectivity index (χ0) is 35.2. The van der Waals surface area contributed by atoms with E-state index in [0.29, 0.717) is 22.6 Å². The van der Waals surface area contributed by atoms with Crippen LogP contribution in [-0.2, 0) is 4.79 Å². The van der Waals surface area contributed by atoms with Gasteiger partial charge in [0, 0.05) is 28.8 Å². The number of rotatable bonds is 7. The molecule has 0 spiro atoms. The lowest BCUT2D eigenvalue weighted by Gasteiger charge is -2.29. The van der Waals surface area contributed by atoms with Gasteiger partial charge in [-0.05, 0) is 60.7 Å². The molecule has 2 amide bonds. The van der Waals surface area contributed by atoms with Crippen molar-refractivity contribution in [1.82, 2.24) is 24.8 Å². The summed E-state index contributed by atoms with van der Waals surface area (Å²) in [5.41, 5.74) is 3.56. The number of carbonyl (C=O) groups is 2. The normalized spacial score (nSPS) is 12.8. The highest BCUT2D eigenvalue weighted by Crippen LogP contribution is 2.43. The minimum absolute atomic E-state index is 0.00546. The highest BCUT2D eigenvalue weighted by Gasteiger charge is 2.40. The Kier molecular flexibility index (Phi) is 7.40. The monoisotopic (exact) mass is 668 g/mol. The number of quaternary nitrogens is 1. The number of nitrogens with one attached hydrogen (secondary N) is 3. The molecule has 16 nitrogen and oxygen atoms in total. The van der Waals surface area contributed by atoms with Crippen LogP contribution in [0.2, 0.25) is 0 Å². The Labute approximate surface area is 280 Å². The first-order valence-corrected chi connectivity index (χ1v) is 14.7. The molecule has 0 aliphatic carbocycles. The topological polar surface area (TPSA) is 228 Å². The summed E-state index contributed by atoms with van der Waals surface area (Å²) in [7, 11) is 3.59. The number of H-pyrrole nitrogens is 2. The van der Waals surface area contributed by atoms with Gasteiger partial charge in [0.2, 0.25) is 5.70 Å².